The summed E-state index contributed by atoms with van der Waals surface area (Å²) in [5.74, 6) is 0.580. The lowest BCUT2D eigenvalue weighted by Crippen LogP contribution is -2.30. The van der Waals surface area contributed by atoms with E-state index in [9.17, 15) is 18.0 Å². The molecule has 0 aliphatic carbocycles. The third-order valence-electron chi connectivity index (χ3n) is 6.12. The van der Waals surface area contributed by atoms with Gasteiger partial charge in [-0.15, -0.1) is 0 Å². The number of sulfonamides is 1. The zero-order valence-electron chi connectivity index (χ0n) is 16.4. The number of carbonyl (C=O) groups excluding carboxylic acids is 2. The minimum atomic E-state index is -3.64. The Balaban J connectivity index is 1.33. The lowest BCUT2D eigenvalue weighted by Gasteiger charge is -2.18. The summed E-state index contributed by atoms with van der Waals surface area (Å²) in [4.78, 5) is 25.1. The molecule has 0 saturated carbocycles. The van der Waals surface area contributed by atoms with Crippen LogP contribution in [0.2, 0.25) is 0 Å². The minimum absolute atomic E-state index is 0.157. The van der Waals surface area contributed by atoms with Crippen LogP contribution in [0.5, 0.6) is 5.75 Å². The molecule has 3 aliphatic rings. The van der Waals surface area contributed by atoms with Gasteiger partial charge >= 0.3 is 0 Å². The first-order chi connectivity index (χ1) is 14.4. The van der Waals surface area contributed by atoms with E-state index in [0.29, 0.717) is 25.4 Å². The van der Waals surface area contributed by atoms with Crippen molar-refractivity contribution >= 4 is 27.5 Å². The van der Waals surface area contributed by atoms with Gasteiger partial charge in [0.15, 0.2) is 0 Å². The van der Waals surface area contributed by atoms with E-state index in [0.717, 1.165) is 29.1 Å². The van der Waals surface area contributed by atoms with Crippen LogP contribution >= 0.6 is 0 Å². The summed E-state index contributed by atoms with van der Waals surface area (Å²) in [7, 11) is -3.64. The summed E-state index contributed by atoms with van der Waals surface area (Å²) >= 11 is 0. The van der Waals surface area contributed by atoms with E-state index in [1.54, 1.807) is 0 Å². The van der Waals surface area contributed by atoms with Crippen LogP contribution in [0.3, 0.4) is 0 Å². The van der Waals surface area contributed by atoms with E-state index in [4.69, 9.17) is 4.74 Å². The van der Waals surface area contributed by atoms with Crippen LogP contribution in [0.25, 0.3) is 0 Å². The predicted octanol–water partition coefficient (Wildman–Crippen LogP) is 2.45. The molecule has 7 nitrogen and oxygen atoms in total. The second-order valence-electron chi connectivity index (χ2n) is 7.93. The molecule has 3 aliphatic heterocycles. The highest BCUT2D eigenvalue weighted by molar-refractivity contribution is 7.89. The monoisotopic (exact) mass is 426 g/mol. The molecule has 1 atom stereocenters. The molecule has 2 fully saturated rings. The largest absolute Gasteiger partial charge is 0.493 e. The lowest BCUT2D eigenvalue weighted by atomic mass is 9.96. The first-order valence-electron chi connectivity index (χ1n) is 10.1. The molecule has 2 saturated heterocycles. The Morgan fingerprint density at radius 3 is 2.40 bits per heavy atom. The van der Waals surface area contributed by atoms with Gasteiger partial charge in [0.1, 0.15) is 5.75 Å². The van der Waals surface area contributed by atoms with Crippen molar-refractivity contribution in [3.8, 4) is 5.75 Å². The van der Waals surface area contributed by atoms with Gasteiger partial charge in [-0.2, -0.15) is 4.31 Å². The quantitative estimate of drug-likeness (QED) is 0.702. The first-order valence-corrected chi connectivity index (χ1v) is 11.6. The molecule has 8 heteroatoms. The Hall–Kier alpha value is -2.71. The fourth-order valence-electron chi connectivity index (χ4n) is 4.46. The summed E-state index contributed by atoms with van der Waals surface area (Å²) in [6.45, 7) is 1.60. The van der Waals surface area contributed by atoms with Gasteiger partial charge in [-0.3, -0.25) is 14.5 Å². The SMILES string of the molecule is O=C1CCC(=O)N1c1ccc(S(=O)(=O)N2CC[C@@H](c3ccc4c(c3)CCO4)C2)cc1. The zero-order chi connectivity index (χ0) is 20.9. The molecule has 0 radical (unpaired) electrons. The van der Waals surface area contributed by atoms with Crippen molar-refractivity contribution in [2.24, 2.45) is 0 Å². The Labute approximate surface area is 175 Å². The van der Waals surface area contributed by atoms with Crippen LogP contribution in [0.15, 0.2) is 47.4 Å². The highest BCUT2D eigenvalue weighted by Crippen LogP contribution is 2.35. The van der Waals surface area contributed by atoms with Gasteiger partial charge in [-0.05, 0) is 53.8 Å². The van der Waals surface area contributed by atoms with Crippen molar-refractivity contribution in [1.29, 1.82) is 0 Å². The van der Waals surface area contributed by atoms with Crippen LogP contribution < -0.4 is 9.64 Å². The van der Waals surface area contributed by atoms with Crippen LogP contribution in [-0.4, -0.2) is 44.2 Å². The molecular weight excluding hydrogens is 404 g/mol. The molecular formula is C22H22N2O5S. The average molecular weight is 426 g/mol. The Kier molecular flexibility index (Phi) is 4.63. The number of rotatable bonds is 4. The van der Waals surface area contributed by atoms with Gasteiger partial charge in [0.05, 0.1) is 17.2 Å². The number of hydrogen-bond acceptors (Lipinski definition) is 5. The van der Waals surface area contributed by atoms with Crippen molar-refractivity contribution in [2.45, 2.75) is 36.5 Å². The van der Waals surface area contributed by atoms with Gasteiger partial charge in [-0.1, -0.05) is 12.1 Å². The molecule has 0 bridgehead atoms. The van der Waals surface area contributed by atoms with E-state index in [1.807, 2.05) is 12.1 Å². The molecule has 0 unspecified atom stereocenters. The smallest absolute Gasteiger partial charge is 0.243 e. The number of anilines is 1. The maximum Gasteiger partial charge on any atom is 0.243 e. The van der Waals surface area contributed by atoms with E-state index in [2.05, 4.69) is 6.07 Å². The predicted molar refractivity (Wildman–Crippen MR) is 110 cm³/mol. The highest BCUT2D eigenvalue weighted by atomic mass is 32.2. The molecule has 2 aromatic carbocycles. The number of nitrogens with zero attached hydrogens (tertiary/aromatic N) is 2. The van der Waals surface area contributed by atoms with Gasteiger partial charge in [0.2, 0.25) is 21.8 Å². The van der Waals surface area contributed by atoms with E-state index in [1.165, 1.54) is 34.1 Å². The number of amides is 2. The van der Waals surface area contributed by atoms with Crippen LogP contribution in [0.1, 0.15) is 36.3 Å². The highest BCUT2D eigenvalue weighted by Gasteiger charge is 2.34. The normalized spacial score (nSPS) is 21.9. The third kappa shape index (κ3) is 3.20. The van der Waals surface area contributed by atoms with Crippen molar-refractivity contribution in [3.63, 3.8) is 0 Å². The maximum atomic E-state index is 13.1. The van der Waals surface area contributed by atoms with E-state index >= 15 is 0 Å². The third-order valence-corrected chi connectivity index (χ3v) is 8.00. The fourth-order valence-corrected chi connectivity index (χ4v) is 5.96. The van der Waals surface area contributed by atoms with Crippen LogP contribution in [0, 0.1) is 0 Å². The fraction of sp³-hybridized carbons (Fsp3) is 0.364. The van der Waals surface area contributed by atoms with Crippen molar-refractivity contribution in [1.82, 2.24) is 4.31 Å². The Morgan fingerprint density at radius 1 is 0.933 bits per heavy atom. The number of imide groups is 1. The van der Waals surface area contributed by atoms with Gasteiger partial charge in [-0.25, -0.2) is 8.42 Å². The second kappa shape index (κ2) is 7.21. The molecule has 2 aromatic rings. The summed E-state index contributed by atoms with van der Waals surface area (Å²) < 4.78 is 33.3. The molecule has 3 heterocycles. The zero-order valence-corrected chi connectivity index (χ0v) is 17.2. The summed E-state index contributed by atoms with van der Waals surface area (Å²) in [6, 6.07) is 12.2. The molecule has 0 N–H and O–H groups in total. The molecule has 30 heavy (non-hydrogen) atoms. The number of hydrogen-bond donors (Lipinski definition) is 0. The number of carbonyl (C=O) groups is 2. The Morgan fingerprint density at radius 2 is 1.67 bits per heavy atom. The van der Waals surface area contributed by atoms with E-state index < -0.39 is 10.0 Å². The van der Waals surface area contributed by atoms with Crippen LogP contribution in [0.4, 0.5) is 5.69 Å². The van der Waals surface area contributed by atoms with Crippen LogP contribution in [-0.2, 0) is 26.0 Å². The Bertz CT molecular complexity index is 1110. The standard InChI is InChI=1S/C22H22N2O5S/c25-21-7-8-22(26)24(21)18-2-4-19(5-3-18)30(27,28)23-11-9-17(14-23)15-1-6-20-16(13-15)10-12-29-20/h1-6,13,17H,7-12,14H2/t17-/m1/s1. The molecule has 156 valence electrons. The number of ether oxygens (including phenoxy) is 1. The molecule has 0 aromatic heterocycles. The van der Waals surface area contributed by atoms with Crippen molar-refractivity contribution in [2.75, 3.05) is 24.6 Å². The summed E-state index contributed by atoms with van der Waals surface area (Å²) in [5, 5.41) is 0. The lowest BCUT2D eigenvalue weighted by molar-refractivity contribution is -0.121. The minimum Gasteiger partial charge on any atom is -0.493 e. The molecule has 5 rings (SSSR count). The van der Waals surface area contributed by atoms with E-state index in [-0.39, 0.29) is 35.5 Å². The topological polar surface area (TPSA) is 84.0 Å². The number of fused-ring (bicyclic) bond motifs is 1. The molecule has 2 amide bonds. The molecule has 0 spiro atoms. The van der Waals surface area contributed by atoms with Gasteiger partial charge in [0, 0.05) is 32.4 Å². The van der Waals surface area contributed by atoms with Crippen molar-refractivity contribution in [3.05, 3.63) is 53.6 Å². The summed E-state index contributed by atoms with van der Waals surface area (Å²) in [5.41, 5.74) is 2.76. The van der Waals surface area contributed by atoms with Crippen molar-refractivity contribution < 1.29 is 22.7 Å². The maximum absolute atomic E-state index is 13.1. The average Bonchev–Trinajstić information content (AvgIpc) is 3.48. The van der Waals surface area contributed by atoms with Gasteiger partial charge < -0.3 is 4.74 Å². The van der Waals surface area contributed by atoms with Gasteiger partial charge in [0.25, 0.3) is 0 Å². The number of benzene rings is 2. The first kappa shape index (κ1) is 19.3. The summed E-state index contributed by atoms with van der Waals surface area (Å²) in [6.07, 6.45) is 2.06. The second-order valence-corrected chi connectivity index (χ2v) is 9.87.